The monoisotopic (exact) mass is 272 g/mol. The number of anilines is 1. The third kappa shape index (κ3) is 2.33. The predicted octanol–water partition coefficient (Wildman–Crippen LogP) is 1.37. The molecule has 0 aliphatic heterocycles. The molecule has 3 aromatic rings. The van der Waals surface area contributed by atoms with Crippen LogP contribution >= 0.6 is 11.3 Å². The first-order chi connectivity index (χ1) is 9.34. The molecule has 0 aromatic carbocycles. The van der Waals surface area contributed by atoms with Gasteiger partial charge in [-0.2, -0.15) is 0 Å². The summed E-state index contributed by atoms with van der Waals surface area (Å²) in [6.07, 6.45) is 6.36. The zero-order chi connectivity index (χ0) is 13.1. The van der Waals surface area contributed by atoms with Crippen LogP contribution in [0.3, 0.4) is 0 Å². The highest BCUT2D eigenvalue weighted by molar-refractivity contribution is 7.13. The average molecular weight is 272 g/mol. The number of pyridine rings is 1. The van der Waals surface area contributed by atoms with Crippen molar-refractivity contribution < 1.29 is 4.79 Å². The summed E-state index contributed by atoms with van der Waals surface area (Å²) >= 11 is 1.34. The zero-order valence-electron chi connectivity index (χ0n) is 9.59. The Morgan fingerprint density at radius 3 is 2.95 bits per heavy atom. The molecule has 0 unspecified atom stereocenters. The van der Waals surface area contributed by atoms with E-state index in [9.17, 15) is 4.79 Å². The van der Waals surface area contributed by atoms with E-state index in [0.717, 1.165) is 0 Å². The maximum atomic E-state index is 12.2. The lowest BCUT2D eigenvalue weighted by molar-refractivity contribution is 0.102. The van der Waals surface area contributed by atoms with Gasteiger partial charge < -0.3 is 0 Å². The zero-order valence-corrected chi connectivity index (χ0v) is 10.4. The minimum Gasteiger partial charge on any atom is -0.296 e. The molecule has 3 heterocycles. The standard InChI is InChI=1S/C11H8N6OS/c18-10(15-11-13-5-7-19-11)9-8(2-1-3-12-9)17-6-4-14-16-17/h1-7H,(H,13,15,18). The lowest BCUT2D eigenvalue weighted by Crippen LogP contribution is -2.17. The van der Waals surface area contributed by atoms with Crippen molar-refractivity contribution in [1.82, 2.24) is 25.0 Å². The van der Waals surface area contributed by atoms with Gasteiger partial charge in [0.25, 0.3) is 5.91 Å². The summed E-state index contributed by atoms with van der Waals surface area (Å²) in [6, 6.07) is 3.48. The number of nitrogens with one attached hydrogen (secondary N) is 1. The third-order valence-corrected chi connectivity index (χ3v) is 3.01. The van der Waals surface area contributed by atoms with Crippen LogP contribution in [0.1, 0.15) is 10.5 Å². The Kier molecular flexibility index (Phi) is 2.99. The Labute approximate surface area is 111 Å². The summed E-state index contributed by atoms with van der Waals surface area (Å²) in [6.45, 7) is 0. The second-order valence-electron chi connectivity index (χ2n) is 3.51. The molecule has 0 aliphatic carbocycles. The van der Waals surface area contributed by atoms with Crippen molar-refractivity contribution in [1.29, 1.82) is 0 Å². The van der Waals surface area contributed by atoms with Crippen molar-refractivity contribution in [3.05, 3.63) is 48.0 Å². The Morgan fingerprint density at radius 1 is 1.26 bits per heavy atom. The Hall–Kier alpha value is -2.61. The van der Waals surface area contributed by atoms with Crippen LogP contribution in [0.2, 0.25) is 0 Å². The predicted molar refractivity (Wildman–Crippen MR) is 69.2 cm³/mol. The normalized spacial score (nSPS) is 10.3. The van der Waals surface area contributed by atoms with Crippen molar-refractivity contribution in [3.8, 4) is 5.69 Å². The smallest absolute Gasteiger partial charge is 0.278 e. The Morgan fingerprint density at radius 2 is 2.21 bits per heavy atom. The minimum absolute atomic E-state index is 0.267. The van der Waals surface area contributed by atoms with Gasteiger partial charge >= 0.3 is 0 Å². The molecule has 0 atom stereocenters. The van der Waals surface area contributed by atoms with Crippen molar-refractivity contribution in [2.24, 2.45) is 0 Å². The average Bonchev–Trinajstić information content (AvgIpc) is 3.11. The summed E-state index contributed by atoms with van der Waals surface area (Å²) in [5, 5.41) is 12.6. The molecule has 0 bridgehead atoms. The van der Waals surface area contributed by atoms with Crippen LogP contribution in [0.4, 0.5) is 5.13 Å². The molecule has 0 saturated heterocycles. The number of carbonyl (C=O) groups excluding carboxylic acids is 1. The van der Waals surface area contributed by atoms with Gasteiger partial charge in [0.2, 0.25) is 0 Å². The van der Waals surface area contributed by atoms with Crippen molar-refractivity contribution in [2.45, 2.75) is 0 Å². The molecule has 3 rings (SSSR count). The SMILES string of the molecule is O=C(Nc1nccs1)c1ncccc1-n1ccnn1. The molecule has 1 amide bonds. The van der Waals surface area contributed by atoms with Crippen molar-refractivity contribution in [2.75, 3.05) is 5.32 Å². The highest BCUT2D eigenvalue weighted by Gasteiger charge is 2.15. The molecule has 8 heteroatoms. The number of rotatable bonds is 3. The van der Waals surface area contributed by atoms with E-state index in [4.69, 9.17) is 0 Å². The number of hydrogen-bond donors (Lipinski definition) is 1. The first-order valence-corrected chi connectivity index (χ1v) is 6.25. The van der Waals surface area contributed by atoms with Gasteiger partial charge in [-0.1, -0.05) is 5.21 Å². The quantitative estimate of drug-likeness (QED) is 0.778. The van der Waals surface area contributed by atoms with Crippen molar-refractivity contribution >= 4 is 22.4 Å². The summed E-state index contributed by atoms with van der Waals surface area (Å²) < 4.78 is 1.49. The van der Waals surface area contributed by atoms with Gasteiger partial charge in [-0.05, 0) is 12.1 Å². The Balaban J connectivity index is 1.94. The van der Waals surface area contributed by atoms with Crippen LogP contribution in [0.25, 0.3) is 5.69 Å². The van der Waals surface area contributed by atoms with E-state index in [0.29, 0.717) is 10.8 Å². The molecule has 94 valence electrons. The van der Waals surface area contributed by atoms with Gasteiger partial charge in [-0.3, -0.25) is 10.1 Å². The first-order valence-electron chi connectivity index (χ1n) is 5.37. The second kappa shape index (κ2) is 4.94. The number of nitrogens with zero attached hydrogens (tertiary/aromatic N) is 5. The van der Waals surface area contributed by atoms with E-state index in [-0.39, 0.29) is 11.6 Å². The maximum absolute atomic E-state index is 12.2. The number of amides is 1. The second-order valence-corrected chi connectivity index (χ2v) is 4.40. The highest BCUT2D eigenvalue weighted by atomic mass is 32.1. The van der Waals surface area contributed by atoms with Crippen LogP contribution < -0.4 is 5.32 Å². The molecule has 0 spiro atoms. The summed E-state index contributed by atoms with van der Waals surface area (Å²) in [5.41, 5.74) is 0.831. The van der Waals surface area contributed by atoms with Gasteiger partial charge in [0, 0.05) is 17.8 Å². The van der Waals surface area contributed by atoms with Crippen molar-refractivity contribution in [3.63, 3.8) is 0 Å². The fourth-order valence-electron chi connectivity index (χ4n) is 1.53. The molecular formula is C11H8N6OS. The van der Waals surface area contributed by atoms with E-state index >= 15 is 0 Å². The van der Waals surface area contributed by atoms with Gasteiger partial charge in [-0.15, -0.1) is 16.4 Å². The maximum Gasteiger partial charge on any atom is 0.278 e. The minimum atomic E-state index is -0.332. The first kappa shape index (κ1) is 11.5. The number of hydrogen-bond acceptors (Lipinski definition) is 6. The van der Waals surface area contributed by atoms with Crippen LogP contribution in [0.5, 0.6) is 0 Å². The van der Waals surface area contributed by atoms with Crippen LogP contribution in [-0.2, 0) is 0 Å². The molecule has 0 saturated carbocycles. The van der Waals surface area contributed by atoms with Gasteiger partial charge in [0.1, 0.15) is 0 Å². The van der Waals surface area contributed by atoms with E-state index in [1.165, 1.54) is 22.2 Å². The molecular weight excluding hydrogens is 264 g/mol. The van der Waals surface area contributed by atoms with Crippen LogP contribution in [-0.4, -0.2) is 30.9 Å². The summed E-state index contributed by atoms with van der Waals surface area (Å²) in [4.78, 5) is 20.2. The van der Waals surface area contributed by atoms with Gasteiger partial charge in [0.05, 0.1) is 18.1 Å². The fraction of sp³-hybridized carbons (Fsp3) is 0. The molecule has 0 radical (unpaired) electrons. The van der Waals surface area contributed by atoms with Gasteiger partial charge in [-0.25, -0.2) is 14.6 Å². The number of aromatic nitrogens is 5. The van der Waals surface area contributed by atoms with Crippen LogP contribution in [0, 0.1) is 0 Å². The third-order valence-electron chi connectivity index (χ3n) is 2.32. The molecule has 3 aromatic heterocycles. The van der Waals surface area contributed by atoms with E-state index in [2.05, 4.69) is 25.6 Å². The molecule has 1 N–H and O–H groups in total. The van der Waals surface area contributed by atoms with E-state index in [1.54, 1.807) is 36.1 Å². The fourth-order valence-corrected chi connectivity index (χ4v) is 2.06. The van der Waals surface area contributed by atoms with E-state index < -0.39 is 0 Å². The summed E-state index contributed by atoms with van der Waals surface area (Å²) in [7, 11) is 0. The lowest BCUT2D eigenvalue weighted by Gasteiger charge is -2.06. The molecule has 0 fully saturated rings. The Bertz CT molecular complexity index is 679. The number of thiazole rings is 1. The number of carbonyl (C=O) groups is 1. The largest absolute Gasteiger partial charge is 0.296 e. The molecule has 7 nitrogen and oxygen atoms in total. The summed E-state index contributed by atoms with van der Waals surface area (Å²) in [5.74, 6) is -0.332. The van der Waals surface area contributed by atoms with Gasteiger partial charge in [0.15, 0.2) is 10.8 Å². The van der Waals surface area contributed by atoms with Crippen LogP contribution in [0.15, 0.2) is 42.3 Å². The molecule has 19 heavy (non-hydrogen) atoms. The highest BCUT2D eigenvalue weighted by Crippen LogP contribution is 2.15. The lowest BCUT2D eigenvalue weighted by atomic mass is 10.3. The van der Waals surface area contributed by atoms with E-state index in [1.807, 2.05) is 0 Å². The topological polar surface area (TPSA) is 85.6 Å². The molecule has 0 aliphatic rings.